The van der Waals surface area contributed by atoms with Crippen molar-refractivity contribution in [3.8, 4) is 11.1 Å². The lowest BCUT2D eigenvalue weighted by atomic mass is 9.93. The molecule has 0 bridgehead atoms. The van der Waals surface area contributed by atoms with Crippen LogP contribution >= 0.6 is 0 Å². The summed E-state index contributed by atoms with van der Waals surface area (Å²) < 4.78 is 2.30. The average molecular weight is 378 g/mol. The topological polar surface area (TPSA) is 4.93 Å². The van der Waals surface area contributed by atoms with Crippen LogP contribution in [-0.2, 0) is 0 Å². The summed E-state index contributed by atoms with van der Waals surface area (Å²) in [7, 11) is 0. The van der Waals surface area contributed by atoms with Gasteiger partial charge in [-0.25, -0.2) is 0 Å². The van der Waals surface area contributed by atoms with Gasteiger partial charge in [0.25, 0.3) is 0 Å². The third kappa shape index (κ3) is 3.13. The van der Waals surface area contributed by atoms with E-state index < -0.39 is 0 Å². The van der Waals surface area contributed by atoms with Crippen LogP contribution in [0.4, 0.5) is 0 Å². The largest absolute Gasteiger partial charge is 0.309 e. The first-order valence-electron chi connectivity index (χ1n) is 10.2. The standard InChI is InChI=1S/C28H27N/c1-6-11-23(7-2)29-26-16-14-22(21-12-9-8-10-13-21)18-25(26)28-20(5)24(19(3)4)15-17-27(28)29/h6-19H,1-2H2,3-5H3/b23-11+. The van der Waals surface area contributed by atoms with Crippen LogP contribution in [0.3, 0.4) is 0 Å². The molecule has 0 spiro atoms. The Morgan fingerprint density at radius 2 is 1.62 bits per heavy atom. The van der Waals surface area contributed by atoms with Gasteiger partial charge in [-0.2, -0.15) is 0 Å². The number of aryl methyl sites for hydroxylation is 1. The smallest absolute Gasteiger partial charge is 0.0543 e. The van der Waals surface area contributed by atoms with Gasteiger partial charge in [0.1, 0.15) is 0 Å². The summed E-state index contributed by atoms with van der Waals surface area (Å²) in [6.07, 6.45) is 5.74. The van der Waals surface area contributed by atoms with Crippen molar-refractivity contribution in [2.45, 2.75) is 26.7 Å². The fourth-order valence-electron chi connectivity index (χ4n) is 4.37. The summed E-state index contributed by atoms with van der Waals surface area (Å²) in [6, 6.07) is 21.9. The molecule has 0 saturated heterocycles. The van der Waals surface area contributed by atoms with Crippen molar-refractivity contribution in [2.75, 3.05) is 0 Å². The number of benzene rings is 3. The molecule has 1 aromatic heterocycles. The normalized spacial score (nSPS) is 12.1. The van der Waals surface area contributed by atoms with E-state index in [0.717, 1.165) is 5.70 Å². The number of hydrogen-bond donors (Lipinski definition) is 0. The second-order valence-corrected chi connectivity index (χ2v) is 7.79. The van der Waals surface area contributed by atoms with Gasteiger partial charge < -0.3 is 4.57 Å². The molecule has 1 heteroatoms. The van der Waals surface area contributed by atoms with E-state index in [1.165, 1.54) is 44.1 Å². The third-order valence-corrected chi connectivity index (χ3v) is 5.72. The van der Waals surface area contributed by atoms with Gasteiger partial charge in [0, 0.05) is 16.5 Å². The van der Waals surface area contributed by atoms with Crippen molar-refractivity contribution >= 4 is 27.5 Å². The minimum Gasteiger partial charge on any atom is -0.309 e. The molecule has 4 rings (SSSR count). The molecule has 0 atom stereocenters. The van der Waals surface area contributed by atoms with Crippen molar-refractivity contribution in [1.29, 1.82) is 0 Å². The second kappa shape index (κ2) is 7.60. The molecule has 1 heterocycles. The molecular formula is C28H27N. The minimum absolute atomic E-state index is 0.484. The van der Waals surface area contributed by atoms with Gasteiger partial charge in [-0.1, -0.05) is 75.5 Å². The molecule has 0 aliphatic rings. The Labute approximate surface area is 173 Å². The Morgan fingerprint density at radius 3 is 2.28 bits per heavy atom. The lowest BCUT2D eigenvalue weighted by molar-refractivity contribution is 0.859. The fraction of sp³-hybridized carbons (Fsp3) is 0.143. The number of allylic oxidation sites excluding steroid dienone is 4. The van der Waals surface area contributed by atoms with Crippen molar-refractivity contribution < 1.29 is 0 Å². The van der Waals surface area contributed by atoms with Crippen LogP contribution in [0.15, 0.2) is 92.0 Å². The van der Waals surface area contributed by atoms with Crippen LogP contribution in [0.2, 0.25) is 0 Å². The molecule has 3 aromatic carbocycles. The maximum atomic E-state index is 4.05. The van der Waals surface area contributed by atoms with Crippen LogP contribution < -0.4 is 0 Å². The van der Waals surface area contributed by atoms with E-state index in [1.807, 2.05) is 18.2 Å². The highest BCUT2D eigenvalue weighted by molar-refractivity contribution is 6.13. The van der Waals surface area contributed by atoms with Gasteiger partial charge in [0.2, 0.25) is 0 Å². The van der Waals surface area contributed by atoms with Crippen molar-refractivity contribution in [3.63, 3.8) is 0 Å². The first-order valence-corrected chi connectivity index (χ1v) is 10.2. The molecule has 0 amide bonds. The van der Waals surface area contributed by atoms with Gasteiger partial charge in [0.05, 0.1) is 11.0 Å². The zero-order valence-electron chi connectivity index (χ0n) is 17.4. The Hall–Kier alpha value is -3.32. The Bertz CT molecular complexity index is 1250. The maximum absolute atomic E-state index is 4.05. The van der Waals surface area contributed by atoms with E-state index >= 15 is 0 Å². The van der Waals surface area contributed by atoms with E-state index in [2.05, 4.69) is 99.2 Å². The van der Waals surface area contributed by atoms with E-state index in [9.17, 15) is 0 Å². The Balaban J connectivity index is 2.15. The van der Waals surface area contributed by atoms with Crippen LogP contribution in [-0.4, -0.2) is 4.57 Å². The SMILES string of the molecule is C=C/C=C(\C=C)n1c2ccc(-c3ccccc3)cc2c2c(C)c(C(C)C)ccc21. The molecule has 0 radical (unpaired) electrons. The summed E-state index contributed by atoms with van der Waals surface area (Å²) in [5.74, 6) is 0.484. The van der Waals surface area contributed by atoms with Gasteiger partial charge in [-0.15, -0.1) is 0 Å². The number of hydrogen-bond acceptors (Lipinski definition) is 0. The minimum atomic E-state index is 0.484. The Kier molecular flexibility index (Phi) is 4.98. The molecule has 4 aromatic rings. The van der Waals surface area contributed by atoms with Gasteiger partial charge >= 0.3 is 0 Å². The van der Waals surface area contributed by atoms with Crippen molar-refractivity contribution in [3.05, 3.63) is 103 Å². The molecular weight excluding hydrogens is 350 g/mol. The van der Waals surface area contributed by atoms with Gasteiger partial charge in [-0.05, 0) is 65.4 Å². The van der Waals surface area contributed by atoms with E-state index in [-0.39, 0.29) is 0 Å². The van der Waals surface area contributed by atoms with Gasteiger partial charge in [0.15, 0.2) is 0 Å². The summed E-state index contributed by atoms with van der Waals surface area (Å²) in [6.45, 7) is 14.7. The predicted octanol–water partition coefficient (Wildman–Crippen LogP) is 8.11. The Morgan fingerprint density at radius 1 is 0.897 bits per heavy atom. The maximum Gasteiger partial charge on any atom is 0.0543 e. The number of rotatable bonds is 5. The second-order valence-electron chi connectivity index (χ2n) is 7.79. The molecule has 29 heavy (non-hydrogen) atoms. The molecule has 1 nitrogen and oxygen atoms in total. The van der Waals surface area contributed by atoms with Crippen molar-refractivity contribution in [1.82, 2.24) is 4.57 Å². The molecule has 0 aliphatic carbocycles. The van der Waals surface area contributed by atoms with Crippen LogP contribution in [0.25, 0.3) is 38.6 Å². The third-order valence-electron chi connectivity index (χ3n) is 5.72. The summed E-state index contributed by atoms with van der Waals surface area (Å²) in [5.41, 5.74) is 8.65. The zero-order valence-corrected chi connectivity index (χ0v) is 17.4. The zero-order chi connectivity index (χ0) is 20.5. The van der Waals surface area contributed by atoms with Crippen LogP contribution in [0.1, 0.15) is 30.9 Å². The summed E-state index contributed by atoms with van der Waals surface area (Å²) in [4.78, 5) is 0. The highest BCUT2D eigenvalue weighted by Crippen LogP contribution is 2.38. The van der Waals surface area contributed by atoms with Crippen molar-refractivity contribution in [2.24, 2.45) is 0 Å². The summed E-state index contributed by atoms with van der Waals surface area (Å²) >= 11 is 0. The quantitative estimate of drug-likeness (QED) is 0.310. The predicted molar refractivity (Wildman–Crippen MR) is 128 cm³/mol. The number of nitrogens with zero attached hydrogens (tertiary/aromatic N) is 1. The van der Waals surface area contributed by atoms with E-state index in [1.54, 1.807) is 0 Å². The average Bonchev–Trinajstić information content (AvgIpc) is 3.07. The monoisotopic (exact) mass is 377 g/mol. The number of aromatic nitrogens is 1. The molecule has 144 valence electrons. The molecule has 0 N–H and O–H groups in total. The molecule has 0 saturated carbocycles. The highest BCUT2D eigenvalue weighted by atomic mass is 15.0. The first-order chi connectivity index (χ1) is 14.1. The first kappa shape index (κ1) is 19.0. The summed E-state index contributed by atoms with van der Waals surface area (Å²) in [5, 5.41) is 2.60. The fourth-order valence-corrected chi connectivity index (χ4v) is 4.37. The van der Waals surface area contributed by atoms with E-state index in [0.29, 0.717) is 5.92 Å². The van der Waals surface area contributed by atoms with Gasteiger partial charge in [-0.3, -0.25) is 0 Å². The molecule has 0 aliphatic heterocycles. The van der Waals surface area contributed by atoms with Crippen LogP contribution in [0.5, 0.6) is 0 Å². The highest BCUT2D eigenvalue weighted by Gasteiger charge is 2.17. The van der Waals surface area contributed by atoms with E-state index in [4.69, 9.17) is 0 Å². The number of fused-ring (bicyclic) bond motifs is 3. The van der Waals surface area contributed by atoms with Crippen LogP contribution in [0, 0.1) is 6.92 Å². The molecule has 0 fully saturated rings. The lowest BCUT2D eigenvalue weighted by Gasteiger charge is -2.12. The molecule has 0 unspecified atom stereocenters. The lowest BCUT2D eigenvalue weighted by Crippen LogP contribution is -1.96.